The van der Waals surface area contributed by atoms with Crippen molar-refractivity contribution in [3.63, 3.8) is 0 Å². The van der Waals surface area contributed by atoms with Crippen LogP contribution in [0.15, 0.2) is 24.3 Å². The van der Waals surface area contributed by atoms with E-state index in [2.05, 4.69) is 10.6 Å². The van der Waals surface area contributed by atoms with Crippen LogP contribution in [-0.4, -0.2) is 52.5 Å². The molecular weight excluding hydrogens is 335 g/mol. The van der Waals surface area contributed by atoms with E-state index in [1.165, 1.54) is 12.1 Å². The summed E-state index contributed by atoms with van der Waals surface area (Å²) in [6.07, 6.45) is 3.19. The first-order valence-electron chi connectivity index (χ1n) is 9.42. The third-order valence-electron chi connectivity index (χ3n) is 5.92. The molecule has 0 spiro atoms. The van der Waals surface area contributed by atoms with Crippen LogP contribution in [0.25, 0.3) is 0 Å². The summed E-state index contributed by atoms with van der Waals surface area (Å²) in [5, 5.41) is 6.57. The fourth-order valence-corrected chi connectivity index (χ4v) is 4.21. The number of piperidine rings is 1. The number of carbonyl (C=O) groups is 1. The van der Waals surface area contributed by atoms with E-state index in [4.69, 9.17) is 9.47 Å². The number of carbonyl (C=O) groups excluding carboxylic acids is 1. The Labute approximate surface area is 154 Å². The molecule has 2 saturated heterocycles. The van der Waals surface area contributed by atoms with Gasteiger partial charge in [-0.2, -0.15) is 0 Å². The monoisotopic (exact) mass is 364 g/mol. The molecule has 1 aromatic rings. The highest BCUT2D eigenvalue weighted by molar-refractivity contribution is 5.88. The molecule has 0 atom stereocenters. The average Bonchev–Trinajstić information content (AvgIpc) is 2.68. The van der Waals surface area contributed by atoms with Crippen LogP contribution in [-0.2, 0) is 19.7 Å². The van der Waals surface area contributed by atoms with Crippen molar-refractivity contribution >= 4 is 5.91 Å². The van der Waals surface area contributed by atoms with E-state index in [-0.39, 0.29) is 17.1 Å². The van der Waals surface area contributed by atoms with Gasteiger partial charge in [0.2, 0.25) is 5.91 Å². The minimum Gasteiger partial charge on any atom is -0.384 e. The van der Waals surface area contributed by atoms with Crippen LogP contribution in [0, 0.1) is 11.2 Å². The van der Waals surface area contributed by atoms with Crippen molar-refractivity contribution in [3.05, 3.63) is 35.6 Å². The van der Waals surface area contributed by atoms with Gasteiger partial charge in [0.25, 0.3) is 0 Å². The molecular formula is C20H29FN2O3. The van der Waals surface area contributed by atoms with E-state index in [0.29, 0.717) is 39.2 Å². The Morgan fingerprint density at radius 3 is 2.46 bits per heavy atom. The zero-order valence-corrected chi connectivity index (χ0v) is 15.5. The highest BCUT2D eigenvalue weighted by atomic mass is 19.1. The number of methoxy groups -OCH3 is 1. The normalized spacial score (nSPS) is 21.9. The summed E-state index contributed by atoms with van der Waals surface area (Å²) < 4.78 is 24.3. The molecule has 2 N–H and O–H groups in total. The van der Waals surface area contributed by atoms with E-state index < -0.39 is 5.41 Å². The van der Waals surface area contributed by atoms with Crippen LogP contribution in [0.4, 0.5) is 4.39 Å². The van der Waals surface area contributed by atoms with Crippen LogP contribution >= 0.6 is 0 Å². The molecule has 6 heteroatoms. The van der Waals surface area contributed by atoms with Gasteiger partial charge in [-0.1, -0.05) is 12.1 Å². The van der Waals surface area contributed by atoms with Crippen molar-refractivity contribution in [2.24, 2.45) is 5.41 Å². The number of halogens is 1. The maximum Gasteiger partial charge on any atom is 0.230 e. The second-order valence-electron chi connectivity index (χ2n) is 7.57. The molecule has 5 nitrogen and oxygen atoms in total. The lowest BCUT2D eigenvalue weighted by atomic mass is 9.72. The number of ether oxygens (including phenoxy) is 2. The standard InChI is InChI=1S/C20H29FN2O3/c1-25-15-19(6-10-22-11-7-19)14-23-18(24)20(8-12-26-13-9-20)16-2-4-17(21)5-3-16/h2-5,22H,6-15H2,1H3,(H,23,24). The quantitative estimate of drug-likeness (QED) is 0.811. The second-order valence-corrected chi connectivity index (χ2v) is 7.57. The van der Waals surface area contributed by atoms with Gasteiger partial charge < -0.3 is 20.1 Å². The molecule has 144 valence electrons. The van der Waals surface area contributed by atoms with Gasteiger partial charge in [-0.15, -0.1) is 0 Å². The molecule has 2 aliphatic heterocycles. The lowest BCUT2D eigenvalue weighted by molar-refractivity contribution is -0.131. The van der Waals surface area contributed by atoms with Gasteiger partial charge in [-0.25, -0.2) is 4.39 Å². The van der Waals surface area contributed by atoms with Crippen molar-refractivity contribution in [2.45, 2.75) is 31.1 Å². The number of nitrogens with one attached hydrogen (secondary N) is 2. The van der Waals surface area contributed by atoms with Gasteiger partial charge in [-0.05, 0) is 56.5 Å². The Bertz CT molecular complexity index is 588. The first-order chi connectivity index (χ1) is 12.6. The molecule has 1 aromatic carbocycles. The Hall–Kier alpha value is -1.50. The molecule has 2 fully saturated rings. The van der Waals surface area contributed by atoms with Crippen LogP contribution in [0.5, 0.6) is 0 Å². The summed E-state index contributed by atoms with van der Waals surface area (Å²) in [6.45, 7) is 4.20. The summed E-state index contributed by atoms with van der Waals surface area (Å²) in [4.78, 5) is 13.3. The summed E-state index contributed by atoms with van der Waals surface area (Å²) in [5.41, 5.74) is 0.198. The fraction of sp³-hybridized carbons (Fsp3) is 0.650. The Kier molecular flexibility index (Phi) is 6.27. The molecule has 3 rings (SSSR count). The molecule has 1 amide bonds. The summed E-state index contributed by atoms with van der Waals surface area (Å²) in [6, 6.07) is 6.32. The number of benzene rings is 1. The molecule has 26 heavy (non-hydrogen) atoms. The van der Waals surface area contributed by atoms with Gasteiger partial charge in [0.15, 0.2) is 0 Å². The SMILES string of the molecule is COCC1(CNC(=O)C2(c3ccc(F)cc3)CCOCC2)CCNCC1. The Balaban J connectivity index is 1.76. The van der Waals surface area contributed by atoms with E-state index in [0.717, 1.165) is 31.5 Å². The van der Waals surface area contributed by atoms with Crippen LogP contribution in [0.1, 0.15) is 31.2 Å². The zero-order chi connectivity index (χ0) is 18.5. The van der Waals surface area contributed by atoms with E-state index in [1.54, 1.807) is 19.2 Å². The summed E-state index contributed by atoms with van der Waals surface area (Å²) >= 11 is 0. The second kappa shape index (κ2) is 8.46. The Morgan fingerprint density at radius 1 is 1.19 bits per heavy atom. The molecule has 0 unspecified atom stereocenters. The zero-order valence-electron chi connectivity index (χ0n) is 15.5. The van der Waals surface area contributed by atoms with Gasteiger partial charge in [0.1, 0.15) is 5.82 Å². The minimum absolute atomic E-state index is 0.0152. The molecule has 0 aliphatic carbocycles. The third kappa shape index (κ3) is 4.08. The number of amides is 1. The molecule has 0 saturated carbocycles. The third-order valence-corrected chi connectivity index (χ3v) is 5.92. The lowest BCUT2D eigenvalue weighted by Gasteiger charge is -2.40. The van der Waals surface area contributed by atoms with Crippen molar-refractivity contribution in [3.8, 4) is 0 Å². The molecule has 0 radical (unpaired) electrons. The van der Waals surface area contributed by atoms with Gasteiger partial charge in [0, 0.05) is 32.3 Å². The maximum absolute atomic E-state index is 13.4. The van der Waals surface area contributed by atoms with Gasteiger partial charge in [-0.3, -0.25) is 4.79 Å². The maximum atomic E-state index is 13.4. The molecule has 2 heterocycles. The van der Waals surface area contributed by atoms with Crippen LogP contribution < -0.4 is 10.6 Å². The smallest absolute Gasteiger partial charge is 0.230 e. The first kappa shape index (κ1) is 19.3. The number of hydrogen-bond acceptors (Lipinski definition) is 4. The highest BCUT2D eigenvalue weighted by Crippen LogP contribution is 2.36. The molecule has 0 bridgehead atoms. The molecule has 0 aromatic heterocycles. The van der Waals surface area contributed by atoms with Crippen LogP contribution in [0.3, 0.4) is 0 Å². The van der Waals surface area contributed by atoms with E-state index in [1.807, 2.05) is 0 Å². The largest absolute Gasteiger partial charge is 0.384 e. The van der Waals surface area contributed by atoms with Crippen molar-refractivity contribution in [2.75, 3.05) is 46.6 Å². The predicted octanol–water partition coefficient (Wildman–Crippen LogP) is 2.01. The van der Waals surface area contributed by atoms with E-state index >= 15 is 0 Å². The average molecular weight is 364 g/mol. The van der Waals surface area contributed by atoms with E-state index in [9.17, 15) is 9.18 Å². The fourth-order valence-electron chi connectivity index (χ4n) is 4.21. The van der Waals surface area contributed by atoms with Crippen molar-refractivity contribution in [1.29, 1.82) is 0 Å². The first-order valence-corrected chi connectivity index (χ1v) is 9.42. The van der Waals surface area contributed by atoms with Gasteiger partial charge >= 0.3 is 0 Å². The van der Waals surface area contributed by atoms with Crippen molar-refractivity contribution < 1.29 is 18.7 Å². The Morgan fingerprint density at radius 2 is 1.85 bits per heavy atom. The topological polar surface area (TPSA) is 59.6 Å². The minimum atomic E-state index is -0.646. The highest BCUT2D eigenvalue weighted by Gasteiger charge is 2.43. The number of rotatable bonds is 6. The van der Waals surface area contributed by atoms with Crippen molar-refractivity contribution in [1.82, 2.24) is 10.6 Å². The summed E-state index contributed by atoms with van der Waals surface area (Å²) in [5.74, 6) is -0.272. The molecule has 2 aliphatic rings. The van der Waals surface area contributed by atoms with Gasteiger partial charge in [0.05, 0.1) is 12.0 Å². The van der Waals surface area contributed by atoms with Crippen LogP contribution in [0.2, 0.25) is 0 Å². The lowest BCUT2D eigenvalue weighted by Crippen LogP contribution is -2.53. The predicted molar refractivity (Wildman–Crippen MR) is 97.6 cm³/mol. The number of hydrogen-bond donors (Lipinski definition) is 2. The summed E-state index contributed by atoms with van der Waals surface area (Å²) in [7, 11) is 1.71.